The van der Waals surface area contributed by atoms with Crippen molar-refractivity contribution in [3.05, 3.63) is 71.4 Å². The highest BCUT2D eigenvalue weighted by molar-refractivity contribution is 5.83. The van der Waals surface area contributed by atoms with Crippen LogP contribution in [0.5, 0.6) is 0 Å². The lowest BCUT2D eigenvalue weighted by atomic mass is 10.0. The van der Waals surface area contributed by atoms with Gasteiger partial charge in [-0.2, -0.15) is 4.39 Å². The number of aromatic nitrogens is 5. The molecule has 0 spiro atoms. The van der Waals surface area contributed by atoms with Crippen LogP contribution < -0.4 is 5.32 Å². The highest BCUT2D eigenvalue weighted by Gasteiger charge is 2.28. The Morgan fingerprint density at radius 1 is 1.11 bits per heavy atom. The van der Waals surface area contributed by atoms with Crippen molar-refractivity contribution in [2.75, 3.05) is 5.32 Å². The number of halogens is 1. The average Bonchev–Trinajstić information content (AvgIpc) is 3.46. The monoisotopic (exact) mass is 374 g/mol. The molecule has 0 radical (unpaired) electrons. The van der Waals surface area contributed by atoms with Crippen molar-refractivity contribution in [3.63, 3.8) is 0 Å². The van der Waals surface area contributed by atoms with E-state index in [1.807, 2.05) is 25.3 Å². The minimum atomic E-state index is -0.482. The maximum atomic E-state index is 14.7. The van der Waals surface area contributed by atoms with Crippen LogP contribution in [-0.4, -0.2) is 24.9 Å². The van der Waals surface area contributed by atoms with Crippen molar-refractivity contribution in [3.8, 4) is 0 Å². The molecule has 4 heterocycles. The van der Waals surface area contributed by atoms with E-state index < -0.39 is 5.95 Å². The van der Waals surface area contributed by atoms with Gasteiger partial charge in [0.05, 0.1) is 17.6 Å². The van der Waals surface area contributed by atoms with E-state index in [1.54, 1.807) is 24.7 Å². The normalized spacial score (nSPS) is 13.8. The molecule has 0 bridgehead atoms. The predicted octanol–water partition coefficient (Wildman–Crippen LogP) is 4.41. The number of hydrogen-bond acceptors (Lipinski definition) is 5. The van der Waals surface area contributed by atoms with Crippen molar-refractivity contribution in [1.29, 1.82) is 0 Å². The van der Waals surface area contributed by atoms with Gasteiger partial charge in [-0.15, -0.1) is 0 Å². The molecule has 0 aromatic carbocycles. The summed E-state index contributed by atoms with van der Waals surface area (Å²) in [7, 11) is 0. The van der Waals surface area contributed by atoms with Crippen LogP contribution in [0.1, 0.15) is 41.3 Å². The van der Waals surface area contributed by atoms with Crippen LogP contribution in [-0.2, 0) is 6.42 Å². The Hall–Kier alpha value is -3.35. The lowest BCUT2D eigenvalue weighted by Gasteiger charge is -2.08. The van der Waals surface area contributed by atoms with E-state index in [4.69, 9.17) is 0 Å². The van der Waals surface area contributed by atoms with Gasteiger partial charge in [0, 0.05) is 35.2 Å². The number of hydrogen-bond donors (Lipinski definition) is 2. The second kappa shape index (κ2) is 6.67. The SMILES string of the molecule is Cc1ccc(Nc2ccc(Cc3c[nH]c4ncnc(C5CC5)c34)c(F)n2)cn1. The fourth-order valence-corrected chi connectivity index (χ4v) is 3.42. The first kappa shape index (κ1) is 16.8. The number of aryl methyl sites for hydroxylation is 1. The van der Waals surface area contributed by atoms with Crippen LogP contribution in [0.4, 0.5) is 15.9 Å². The van der Waals surface area contributed by atoms with Crippen molar-refractivity contribution in [1.82, 2.24) is 24.9 Å². The summed E-state index contributed by atoms with van der Waals surface area (Å²) >= 11 is 0. The van der Waals surface area contributed by atoms with Crippen LogP contribution in [0.2, 0.25) is 0 Å². The summed E-state index contributed by atoms with van der Waals surface area (Å²) in [5.74, 6) is 0.467. The van der Waals surface area contributed by atoms with Crippen LogP contribution in [0.15, 0.2) is 43.0 Å². The maximum absolute atomic E-state index is 14.7. The molecular weight excluding hydrogens is 355 g/mol. The average molecular weight is 374 g/mol. The first-order chi connectivity index (χ1) is 13.7. The minimum absolute atomic E-state index is 0.443. The minimum Gasteiger partial charge on any atom is -0.346 e. The molecule has 0 atom stereocenters. The number of anilines is 2. The summed E-state index contributed by atoms with van der Waals surface area (Å²) in [5.41, 5.74) is 5.12. The molecule has 28 heavy (non-hydrogen) atoms. The molecule has 1 aliphatic rings. The van der Waals surface area contributed by atoms with E-state index in [0.29, 0.717) is 23.7 Å². The van der Waals surface area contributed by atoms with E-state index >= 15 is 0 Å². The molecule has 140 valence electrons. The van der Waals surface area contributed by atoms with Gasteiger partial charge in [-0.3, -0.25) is 4.98 Å². The van der Waals surface area contributed by atoms with E-state index in [1.165, 1.54) is 0 Å². The van der Waals surface area contributed by atoms with E-state index in [9.17, 15) is 4.39 Å². The van der Waals surface area contributed by atoms with Gasteiger partial charge < -0.3 is 10.3 Å². The third-order valence-electron chi connectivity index (χ3n) is 5.04. The van der Waals surface area contributed by atoms with Gasteiger partial charge in [0.1, 0.15) is 17.8 Å². The highest BCUT2D eigenvalue weighted by atomic mass is 19.1. The molecule has 4 aromatic rings. The molecule has 1 fully saturated rings. The molecule has 6 nitrogen and oxygen atoms in total. The van der Waals surface area contributed by atoms with Gasteiger partial charge in [0.25, 0.3) is 0 Å². The summed E-state index contributed by atoms with van der Waals surface area (Å²) < 4.78 is 14.7. The molecule has 7 heteroatoms. The fraction of sp³-hybridized carbons (Fsp3) is 0.238. The van der Waals surface area contributed by atoms with Gasteiger partial charge in [-0.05, 0) is 43.5 Å². The Bertz CT molecular complexity index is 1150. The molecular formula is C21H19FN6. The third-order valence-corrected chi connectivity index (χ3v) is 5.04. The molecule has 0 unspecified atom stereocenters. The number of fused-ring (bicyclic) bond motifs is 1. The molecule has 2 N–H and O–H groups in total. The maximum Gasteiger partial charge on any atom is 0.218 e. The molecule has 5 rings (SSSR count). The zero-order valence-corrected chi connectivity index (χ0v) is 15.4. The fourth-order valence-electron chi connectivity index (χ4n) is 3.42. The lowest BCUT2D eigenvalue weighted by Crippen LogP contribution is -2.01. The van der Waals surface area contributed by atoms with E-state index in [-0.39, 0.29) is 0 Å². The summed E-state index contributed by atoms with van der Waals surface area (Å²) in [5, 5.41) is 4.11. The summed E-state index contributed by atoms with van der Waals surface area (Å²) in [6.45, 7) is 1.92. The standard InChI is InChI=1S/C21H19FN6/c1-12-2-6-16(10-23-12)27-17-7-5-14(20(22)28-17)8-15-9-24-21-18(15)19(13-3-4-13)25-11-26-21/h2,5-7,9-11,13H,3-4,8H2,1H3,(H,27,28)(H,24,25,26). The van der Waals surface area contributed by atoms with Crippen molar-refractivity contribution in [2.45, 2.75) is 32.1 Å². The van der Waals surface area contributed by atoms with E-state index in [2.05, 4.69) is 30.2 Å². The smallest absolute Gasteiger partial charge is 0.218 e. The van der Waals surface area contributed by atoms with Crippen molar-refractivity contribution >= 4 is 22.5 Å². The third kappa shape index (κ3) is 3.19. The second-order valence-electron chi connectivity index (χ2n) is 7.21. The molecule has 0 aliphatic heterocycles. The Morgan fingerprint density at radius 2 is 2.00 bits per heavy atom. The van der Waals surface area contributed by atoms with Crippen LogP contribution in [0.3, 0.4) is 0 Å². The largest absolute Gasteiger partial charge is 0.346 e. The van der Waals surface area contributed by atoms with Gasteiger partial charge >= 0.3 is 0 Å². The zero-order chi connectivity index (χ0) is 19.1. The Labute approximate surface area is 161 Å². The molecule has 4 aromatic heterocycles. The number of nitrogens with zero attached hydrogens (tertiary/aromatic N) is 4. The lowest BCUT2D eigenvalue weighted by molar-refractivity contribution is 0.572. The first-order valence-electron chi connectivity index (χ1n) is 9.33. The van der Waals surface area contributed by atoms with Gasteiger partial charge in [-0.25, -0.2) is 15.0 Å². The first-order valence-corrected chi connectivity index (χ1v) is 9.33. The van der Waals surface area contributed by atoms with E-state index in [0.717, 1.165) is 46.5 Å². The summed E-state index contributed by atoms with van der Waals surface area (Å²) in [6.07, 6.45) is 7.95. The Kier molecular flexibility index (Phi) is 4.00. The summed E-state index contributed by atoms with van der Waals surface area (Å²) in [4.78, 5) is 20.3. The van der Waals surface area contributed by atoms with Crippen LogP contribution >= 0.6 is 0 Å². The number of rotatable bonds is 5. The van der Waals surface area contributed by atoms with Crippen LogP contribution in [0, 0.1) is 12.9 Å². The number of nitrogens with one attached hydrogen (secondary N) is 2. The molecule has 0 amide bonds. The van der Waals surface area contributed by atoms with Gasteiger partial charge in [0.2, 0.25) is 5.95 Å². The van der Waals surface area contributed by atoms with Gasteiger partial charge in [0.15, 0.2) is 0 Å². The number of H-pyrrole nitrogens is 1. The second-order valence-corrected chi connectivity index (χ2v) is 7.21. The highest BCUT2D eigenvalue weighted by Crippen LogP contribution is 2.42. The van der Waals surface area contributed by atoms with Crippen molar-refractivity contribution in [2.24, 2.45) is 0 Å². The Balaban J connectivity index is 1.41. The Morgan fingerprint density at radius 3 is 2.75 bits per heavy atom. The van der Waals surface area contributed by atoms with Gasteiger partial charge in [-0.1, -0.05) is 6.07 Å². The quantitative estimate of drug-likeness (QED) is 0.506. The van der Waals surface area contributed by atoms with Crippen LogP contribution in [0.25, 0.3) is 11.0 Å². The number of pyridine rings is 2. The van der Waals surface area contributed by atoms with Crippen molar-refractivity contribution < 1.29 is 4.39 Å². The zero-order valence-electron chi connectivity index (χ0n) is 15.4. The molecule has 0 saturated heterocycles. The molecule has 1 saturated carbocycles. The predicted molar refractivity (Wildman–Crippen MR) is 105 cm³/mol. The summed E-state index contributed by atoms with van der Waals surface area (Å²) in [6, 6.07) is 7.34. The topological polar surface area (TPSA) is 79.4 Å². The molecule has 1 aliphatic carbocycles. The number of aromatic amines is 1.